The van der Waals surface area contributed by atoms with E-state index in [0.717, 1.165) is 27.9 Å². The van der Waals surface area contributed by atoms with E-state index in [4.69, 9.17) is 0 Å². The first-order chi connectivity index (χ1) is 17.6. The van der Waals surface area contributed by atoms with Crippen molar-refractivity contribution in [3.05, 3.63) is 107 Å². The molecule has 9 heteroatoms. The van der Waals surface area contributed by atoms with E-state index in [0.29, 0.717) is 21.7 Å². The molecule has 1 saturated heterocycles. The third-order valence-corrected chi connectivity index (χ3v) is 6.41. The van der Waals surface area contributed by atoms with Crippen molar-refractivity contribution in [2.24, 2.45) is 0 Å². The van der Waals surface area contributed by atoms with Crippen molar-refractivity contribution in [3.8, 4) is 16.9 Å². The molecule has 0 bridgehead atoms. The molecule has 3 heterocycles. The van der Waals surface area contributed by atoms with E-state index in [1.165, 1.54) is 0 Å². The Labute approximate surface area is 211 Å². The number of carbonyl (C=O) groups is 3. The van der Waals surface area contributed by atoms with Gasteiger partial charge in [-0.3, -0.25) is 24.3 Å². The number of nitrogens with zero attached hydrogens (tertiary/aromatic N) is 4. The minimum absolute atomic E-state index is 0.0670. The Morgan fingerprint density at radius 3 is 2.44 bits per heavy atom. The van der Waals surface area contributed by atoms with Crippen LogP contribution in [0.2, 0.25) is 0 Å². The number of nitrogens with one attached hydrogen (secondary N) is 1. The summed E-state index contributed by atoms with van der Waals surface area (Å²) in [5, 5.41) is 7.08. The second kappa shape index (κ2) is 10.4. The lowest BCUT2D eigenvalue weighted by molar-refractivity contribution is -0.122. The van der Waals surface area contributed by atoms with Crippen LogP contribution in [-0.4, -0.2) is 49.8 Å². The van der Waals surface area contributed by atoms with E-state index in [9.17, 15) is 14.4 Å². The largest absolute Gasteiger partial charge is 0.350 e. The highest BCUT2D eigenvalue weighted by Gasteiger charge is 2.34. The normalized spacial score (nSPS) is 14.4. The molecule has 0 aliphatic carbocycles. The van der Waals surface area contributed by atoms with E-state index in [-0.39, 0.29) is 30.1 Å². The molecule has 1 N–H and O–H groups in total. The Hall–Kier alpha value is -4.50. The van der Waals surface area contributed by atoms with Crippen molar-refractivity contribution >= 4 is 34.9 Å². The van der Waals surface area contributed by atoms with Crippen LogP contribution in [0.3, 0.4) is 0 Å². The Morgan fingerprint density at radius 1 is 0.972 bits per heavy atom. The van der Waals surface area contributed by atoms with Gasteiger partial charge in [-0.2, -0.15) is 5.10 Å². The molecule has 1 aliphatic rings. The predicted molar refractivity (Wildman–Crippen MR) is 138 cm³/mol. The van der Waals surface area contributed by atoms with Crippen LogP contribution in [-0.2, 0) is 4.79 Å². The van der Waals surface area contributed by atoms with E-state index in [1.807, 2.05) is 66.7 Å². The summed E-state index contributed by atoms with van der Waals surface area (Å²) in [4.78, 5) is 44.0. The number of hydrogen-bond donors (Lipinski definition) is 1. The number of rotatable bonds is 7. The van der Waals surface area contributed by atoms with Gasteiger partial charge in [-0.15, -0.1) is 0 Å². The van der Waals surface area contributed by atoms with Gasteiger partial charge in [0.15, 0.2) is 0 Å². The molecule has 4 aromatic rings. The van der Waals surface area contributed by atoms with Gasteiger partial charge in [0, 0.05) is 37.2 Å². The first-order valence-electron chi connectivity index (χ1n) is 11.2. The van der Waals surface area contributed by atoms with Crippen molar-refractivity contribution in [1.29, 1.82) is 0 Å². The summed E-state index contributed by atoms with van der Waals surface area (Å²) in [7, 11) is 0. The lowest BCUT2D eigenvalue weighted by atomic mass is 10.1. The zero-order chi connectivity index (χ0) is 24.9. The topological polar surface area (TPSA) is 97.2 Å². The molecule has 1 aliphatic heterocycles. The smallest absolute Gasteiger partial charge is 0.293 e. The highest BCUT2D eigenvalue weighted by molar-refractivity contribution is 8.18. The molecule has 5 rings (SSSR count). The van der Waals surface area contributed by atoms with E-state index in [1.54, 1.807) is 35.4 Å². The standard InChI is InChI=1S/C27H21N5O3S/c33-25(29-14-15-31-26(34)23(36-27(31)35)16-19-8-3-1-4-9-19)22-18-32(21-11-5-2-6-12-21)30-24(22)20-10-7-13-28-17-20/h1-13,16-18H,14-15H2,(H,29,33)/b23-16-. The summed E-state index contributed by atoms with van der Waals surface area (Å²) >= 11 is 0.898. The maximum atomic E-state index is 13.1. The van der Waals surface area contributed by atoms with Crippen LogP contribution in [0.5, 0.6) is 0 Å². The minimum Gasteiger partial charge on any atom is -0.350 e. The summed E-state index contributed by atoms with van der Waals surface area (Å²) in [6, 6.07) is 22.4. The molecule has 0 atom stereocenters. The Kier molecular flexibility index (Phi) is 6.72. The maximum Gasteiger partial charge on any atom is 0.293 e. The number of amides is 3. The van der Waals surface area contributed by atoms with Crippen LogP contribution >= 0.6 is 11.8 Å². The number of para-hydroxylation sites is 1. The molecule has 36 heavy (non-hydrogen) atoms. The summed E-state index contributed by atoms with van der Waals surface area (Å²) in [6.07, 6.45) is 6.66. The van der Waals surface area contributed by atoms with Crippen LogP contribution in [0.4, 0.5) is 4.79 Å². The lowest BCUT2D eigenvalue weighted by Crippen LogP contribution is -2.37. The fraction of sp³-hybridized carbons (Fsp3) is 0.0741. The fourth-order valence-corrected chi connectivity index (χ4v) is 4.60. The van der Waals surface area contributed by atoms with E-state index < -0.39 is 0 Å². The zero-order valence-corrected chi connectivity index (χ0v) is 19.9. The summed E-state index contributed by atoms with van der Waals surface area (Å²) < 4.78 is 1.64. The van der Waals surface area contributed by atoms with Gasteiger partial charge < -0.3 is 5.32 Å². The van der Waals surface area contributed by atoms with Gasteiger partial charge in [0.05, 0.1) is 16.2 Å². The number of aromatic nitrogens is 3. The summed E-state index contributed by atoms with van der Waals surface area (Å²) in [6.45, 7) is 0.177. The quantitative estimate of drug-likeness (QED) is 0.382. The number of imide groups is 1. The van der Waals surface area contributed by atoms with Gasteiger partial charge in [-0.25, -0.2) is 4.68 Å². The van der Waals surface area contributed by atoms with Gasteiger partial charge in [-0.1, -0.05) is 48.5 Å². The molecule has 1 fully saturated rings. The Morgan fingerprint density at radius 2 is 1.72 bits per heavy atom. The molecule has 0 spiro atoms. The van der Waals surface area contributed by atoms with E-state index >= 15 is 0 Å². The van der Waals surface area contributed by atoms with Gasteiger partial charge in [0.25, 0.3) is 17.1 Å². The number of pyridine rings is 1. The van der Waals surface area contributed by atoms with Gasteiger partial charge in [0.2, 0.25) is 0 Å². The number of thioether (sulfide) groups is 1. The molecule has 0 saturated carbocycles. The molecule has 3 amide bonds. The predicted octanol–water partition coefficient (Wildman–Crippen LogP) is 4.40. The van der Waals surface area contributed by atoms with Crippen LogP contribution in [0, 0.1) is 0 Å². The fourth-order valence-electron chi connectivity index (χ4n) is 3.74. The van der Waals surface area contributed by atoms with Crippen LogP contribution in [0.25, 0.3) is 23.0 Å². The third kappa shape index (κ3) is 4.96. The first kappa shape index (κ1) is 23.3. The lowest BCUT2D eigenvalue weighted by Gasteiger charge is -2.13. The maximum absolute atomic E-state index is 13.1. The SMILES string of the molecule is O=C(NCCN1C(=O)S/C(=C\c2ccccc2)C1=O)c1cn(-c2ccccc2)nc1-c1cccnc1. The van der Waals surface area contributed by atoms with Crippen LogP contribution in [0.15, 0.2) is 96.3 Å². The van der Waals surface area contributed by atoms with Gasteiger partial charge >= 0.3 is 0 Å². The average Bonchev–Trinajstić information content (AvgIpc) is 3.48. The first-order valence-corrected chi connectivity index (χ1v) is 12.1. The summed E-state index contributed by atoms with van der Waals surface area (Å²) in [5.74, 6) is -0.723. The Balaban J connectivity index is 1.30. The summed E-state index contributed by atoms with van der Waals surface area (Å²) in [5.41, 5.74) is 3.21. The van der Waals surface area contributed by atoms with E-state index in [2.05, 4.69) is 15.4 Å². The van der Waals surface area contributed by atoms with Crippen molar-refractivity contribution in [2.75, 3.05) is 13.1 Å². The molecular formula is C27H21N5O3S. The minimum atomic E-state index is -0.365. The second-order valence-electron chi connectivity index (χ2n) is 7.91. The highest BCUT2D eigenvalue weighted by atomic mass is 32.2. The van der Waals surface area contributed by atoms with Crippen molar-refractivity contribution < 1.29 is 14.4 Å². The zero-order valence-electron chi connectivity index (χ0n) is 19.1. The number of hydrogen-bond acceptors (Lipinski definition) is 6. The molecule has 8 nitrogen and oxygen atoms in total. The van der Waals surface area contributed by atoms with Crippen molar-refractivity contribution in [3.63, 3.8) is 0 Å². The van der Waals surface area contributed by atoms with Gasteiger partial charge in [-0.05, 0) is 47.7 Å². The van der Waals surface area contributed by atoms with Crippen LogP contribution in [0.1, 0.15) is 15.9 Å². The monoisotopic (exact) mass is 495 g/mol. The Bertz CT molecular complexity index is 1440. The average molecular weight is 496 g/mol. The molecule has 2 aromatic heterocycles. The third-order valence-electron chi connectivity index (χ3n) is 5.51. The molecule has 0 radical (unpaired) electrons. The van der Waals surface area contributed by atoms with Gasteiger partial charge in [0.1, 0.15) is 5.69 Å². The molecule has 178 valence electrons. The van der Waals surface area contributed by atoms with Crippen molar-refractivity contribution in [1.82, 2.24) is 25.0 Å². The highest BCUT2D eigenvalue weighted by Crippen LogP contribution is 2.32. The second-order valence-corrected chi connectivity index (χ2v) is 8.91. The number of carbonyl (C=O) groups excluding carboxylic acids is 3. The van der Waals surface area contributed by atoms with Crippen molar-refractivity contribution in [2.45, 2.75) is 0 Å². The molecular weight excluding hydrogens is 474 g/mol. The molecule has 2 aromatic carbocycles. The number of benzene rings is 2. The van der Waals surface area contributed by atoms with Crippen LogP contribution < -0.4 is 5.32 Å². The molecule has 0 unspecified atom stereocenters.